The number of nitriles is 1. The van der Waals surface area contributed by atoms with Crippen LogP contribution >= 0.6 is 11.9 Å². The molecule has 1 aliphatic heterocycles. The summed E-state index contributed by atoms with van der Waals surface area (Å²) in [5.74, 6) is 1.62. The van der Waals surface area contributed by atoms with Crippen molar-refractivity contribution in [2.75, 3.05) is 31.1 Å². The van der Waals surface area contributed by atoms with Gasteiger partial charge in [0.05, 0.1) is 34.8 Å². The van der Waals surface area contributed by atoms with Crippen LogP contribution in [0.1, 0.15) is 11.3 Å². The molecule has 158 valence electrons. The summed E-state index contributed by atoms with van der Waals surface area (Å²) in [6.07, 6.45) is 5.29. The number of hydrogen-bond acceptors (Lipinski definition) is 8. The fourth-order valence-corrected chi connectivity index (χ4v) is 3.68. The van der Waals surface area contributed by atoms with Crippen LogP contribution in [-0.2, 0) is 0 Å². The molecule has 2 N–H and O–H groups in total. The minimum absolute atomic E-state index is 0.520. The van der Waals surface area contributed by atoms with Gasteiger partial charge in [-0.3, -0.25) is 4.66 Å². The summed E-state index contributed by atoms with van der Waals surface area (Å²) in [5, 5.41) is 21.2. The van der Waals surface area contributed by atoms with Crippen LogP contribution in [0.2, 0.25) is 0 Å². The highest BCUT2D eigenvalue weighted by Crippen LogP contribution is 2.32. The largest absolute Gasteiger partial charge is 0.356 e. The zero-order chi connectivity index (χ0) is 21.8. The van der Waals surface area contributed by atoms with Crippen LogP contribution in [0.4, 0.5) is 5.82 Å². The van der Waals surface area contributed by atoms with Crippen molar-refractivity contribution in [3.05, 3.63) is 54.1 Å². The Hall–Kier alpha value is -3.45. The summed E-state index contributed by atoms with van der Waals surface area (Å²) in [7, 11) is 0. The van der Waals surface area contributed by atoms with E-state index in [0.29, 0.717) is 11.3 Å². The number of aryl methyl sites for hydroxylation is 1. The first-order valence-corrected chi connectivity index (χ1v) is 10.0. The van der Waals surface area contributed by atoms with Crippen molar-refractivity contribution in [2.24, 2.45) is 0 Å². The van der Waals surface area contributed by atoms with Crippen LogP contribution in [0.3, 0.4) is 0 Å². The van der Waals surface area contributed by atoms with Crippen LogP contribution < -0.4 is 10.2 Å². The Bertz CT molecular complexity index is 1220. The number of piperazine rings is 1. The fourth-order valence-electron chi connectivity index (χ4n) is 3.68. The van der Waals surface area contributed by atoms with Gasteiger partial charge in [-0.2, -0.15) is 10.4 Å². The minimum Gasteiger partial charge on any atom is -0.356 e. The van der Waals surface area contributed by atoms with Crippen LogP contribution in [0.15, 0.2) is 47.4 Å². The molecule has 4 aromatic heterocycles. The molecule has 0 saturated carbocycles. The lowest BCUT2D eigenvalue weighted by Crippen LogP contribution is -2.43. The predicted molar refractivity (Wildman–Crippen MR) is 117 cm³/mol. The van der Waals surface area contributed by atoms with Crippen molar-refractivity contribution in [1.82, 2.24) is 25.1 Å². The lowest BCUT2D eigenvalue weighted by molar-refractivity contribution is 0.427. The second-order valence-corrected chi connectivity index (χ2v) is 7.08. The predicted octanol–water partition coefficient (Wildman–Crippen LogP) is 2.77. The molecule has 1 aliphatic rings. The highest BCUT2D eigenvalue weighted by atomic mass is 35.5. The highest BCUT2D eigenvalue weighted by Gasteiger charge is 2.17. The molecule has 5 rings (SSSR count). The molecule has 5 heterocycles. The Labute approximate surface area is 183 Å². The molecule has 0 amide bonds. The maximum Gasteiger partial charge on any atom is 0.168 e. The number of rotatable bonds is 3. The quantitative estimate of drug-likeness (QED) is 0.502. The van der Waals surface area contributed by atoms with E-state index in [0.717, 1.165) is 59.9 Å². The monoisotopic (exact) mass is 437 g/mol. The highest BCUT2D eigenvalue weighted by molar-refractivity contribution is 6.04. The van der Waals surface area contributed by atoms with Crippen molar-refractivity contribution >= 4 is 23.2 Å². The standard InChI is InChI=1S/C21H19N7O.ClHO/c1-14-8-19(29-26-14)16-9-18(21-17(10-22)12-25-28(21)13-16)15-2-3-20(24-11-15)27-6-4-23-5-7-27;1-2/h2-3,8-9,11-13,23H,4-7H2,1H3;2H. The third kappa shape index (κ3) is 4.09. The zero-order valence-electron chi connectivity index (χ0n) is 16.8. The molecule has 0 atom stereocenters. The first-order chi connectivity index (χ1) is 15.2. The lowest BCUT2D eigenvalue weighted by Gasteiger charge is -2.28. The number of fused-ring (bicyclic) bond motifs is 1. The van der Waals surface area contributed by atoms with Gasteiger partial charge in [0, 0.05) is 61.3 Å². The molecule has 9 nitrogen and oxygen atoms in total. The summed E-state index contributed by atoms with van der Waals surface area (Å²) < 4.78 is 13.6. The Balaban J connectivity index is 0.00000112. The van der Waals surface area contributed by atoms with E-state index in [9.17, 15) is 5.26 Å². The fraction of sp³-hybridized carbons (Fsp3) is 0.238. The molecule has 0 aromatic carbocycles. The average molecular weight is 438 g/mol. The van der Waals surface area contributed by atoms with E-state index in [4.69, 9.17) is 9.18 Å². The molecule has 31 heavy (non-hydrogen) atoms. The number of nitrogens with one attached hydrogen (secondary N) is 1. The van der Waals surface area contributed by atoms with Gasteiger partial charge in [-0.1, -0.05) is 5.16 Å². The summed E-state index contributed by atoms with van der Waals surface area (Å²) >= 11 is 3.64. The van der Waals surface area contributed by atoms with Crippen LogP contribution in [0.25, 0.3) is 28.0 Å². The van der Waals surface area contributed by atoms with Gasteiger partial charge in [0.15, 0.2) is 5.76 Å². The molecule has 0 bridgehead atoms. The normalized spacial score (nSPS) is 13.5. The average Bonchev–Trinajstić information content (AvgIpc) is 3.46. The number of halogens is 1. The molecule has 1 saturated heterocycles. The van der Waals surface area contributed by atoms with E-state index >= 15 is 0 Å². The first kappa shape index (κ1) is 20.8. The Kier molecular flexibility index (Phi) is 6.13. The molecule has 0 spiro atoms. The number of anilines is 1. The number of hydrogen-bond donors (Lipinski definition) is 2. The van der Waals surface area contributed by atoms with Gasteiger partial charge in [0.1, 0.15) is 11.9 Å². The molecule has 0 radical (unpaired) electrons. The van der Waals surface area contributed by atoms with Crippen molar-refractivity contribution in [3.63, 3.8) is 0 Å². The van der Waals surface area contributed by atoms with Gasteiger partial charge in [0.25, 0.3) is 0 Å². The third-order valence-corrected chi connectivity index (χ3v) is 5.14. The number of pyridine rings is 2. The Morgan fingerprint density at radius 2 is 1.97 bits per heavy atom. The van der Waals surface area contributed by atoms with Gasteiger partial charge in [0.2, 0.25) is 0 Å². The van der Waals surface area contributed by atoms with Crippen molar-refractivity contribution in [1.29, 1.82) is 5.26 Å². The van der Waals surface area contributed by atoms with Gasteiger partial charge < -0.3 is 14.7 Å². The van der Waals surface area contributed by atoms with Crippen molar-refractivity contribution in [2.45, 2.75) is 6.92 Å². The van der Waals surface area contributed by atoms with E-state index in [-0.39, 0.29) is 0 Å². The van der Waals surface area contributed by atoms with E-state index in [2.05, 4.69) is 43.4 Å². The van der Waals surface area contributed by atoms with Crippen LogP contribution in [-0.4, -0.2) is 50.6 Å². The zero-order valence-corrected chi connectivity index (χ0v) is 17.5. The summed E-state index contributed by atoms with van der Waals surface area (Å²) in [6, 6.07) is 10.2. The van der Waals surface area contributed by atoms with Crippen LogP contribution in [0.5, 0.6) is 0 Å². The number of nitrogens with zero attached hydrogens (tertiary/aromatic N) is 6. The molecular formula is C21H20ClN7O2. The maximum atomic E-state index is 9.54. The van der Waals surface area contributed by atoms with Crippen molar-refractivity contribution in [3.8, 4) is 28.5 Å². The SMILES string of the molecule is Cc1cc(-c2cc(-c3ccc(N4CCNCC4)nc3)c3c(C#N)cnn3c2)on1.OCl. The minimum atomic E-state index is 0.520. The molecule has 1 fully saturated rings. The maximum absolute atomic E-state index is 9.54. The molecule has 0 aliphatic carbocycles. The molecule has 4 aromatic rings. The number of aromatic nitrogens is 4. The van der Waals surface area contributed by atoms with Gasteiger partial charge in [-0.05, 0) is 25.1 Å². The molecule has 10 heteroatoms. The van der Waals surface area contributed by atoms with Crippen LogP contribution in [0, 0.1) is 18.3 Å². The summed E-state index contributed by atoms with van der Waals surface area (Å²) in [4.78, 5) is 6.95. The first-order valence-electron chi connectivity index (χ1n) is 9.67. The smallest absolute Gasteiger partial charge is 0.168 e. The van der Waals surface area contributed by atoms with Gasteiger partial charge in [-0.15, -0.1) is 0 Å². The summed E-state index contributed by atoms with van der Waals surface area (Å²) in [6.45, 7) is 5.69. The Morgan fingerprint density at radius 1 is 1.16 bits per heavy atom. The van der Waals surface area contributed by atoms with Crippen molar-refractivity contribution < 1.29 is 9.18 Å². The second-order valence-electron chi connectivity index (χ2n) is 7.08. The second kappa shape index (κ2) is 9.14. The van der Waals surface area contributed by atoms with E-state index in [1.54, 1.807) is 10.7 Å². The molecule has 0 unspecified atom stereocenters. The third-order valence-electron chi connectivity index (χ3n) is 5.14. The lowest BCUT2D eigenvalue weighted by atomic mass is 10.0. The van der Waals surface area contributed by atoms with E-state index in [1.807, 2.05) is 43.6 Å². The summed E-state index contributed by atoms with van der Waals surface area (Å²) in [5.41, 5.74) is 4.72. The molecular weight excluding hydrogens is 418 g/mol. The van der Waals surface area contributed by atoms with Gasteiger partial charge >= 0.3 is 0 Å². The van der Waals surface area contributed by atoms with E-state index < -0.39 is 0 Å². The topological polar surface area (TPSA) is 116 Å². The van der Waals surface area contributed by atoms with E-state index in [1.165, 1.54) is 0 Å². The Morgan fingerprint density at radius 3 is 2.61 bits per heavy atom. The van der Waals surface area contributed by atoms with Gasteiger partial charge in [-0.25, -0.2) is 9.50 Å².